The van der Waals surface area contributed by atoms with E-state index in [-0.39, 0.29) is 6.92 Å². The Kier molecular flexibility index (Phi) is 8.19. The fraction of sp³-hybridized carbons (Fsp3) is 0.923. The van der Waals surface area contributed by atoms with E-state index in [1.54, 1.807) is 0 Å². The second-order valence-corrected chi connectivity index (χ2v) is 7.25. The van der Waals surface area contributed by atoms with Crippen molar-refractivity contribution in [3.63, 3.8) is 0 Å². The number of rotatable bonds is 10. The zero-order valence-electron chi connectivity index (χ0n) is 15.9. The molecule has 0 rings (SSSR count). The molecule has 0 saturated carbocycles. The summed E-state index contributed by atoms with van der Waals surface area (Å²) in [6.45, 7) is -0.176. The second-order valence-electron chi connectivity index (χ2n) is 6.73. The molecule has 0 spiro atoms. The van der Waals surface area contributed by atoms with E-state index in [9.17, 15) is 97.0 Å². The normalized spacial score (nSPS) is 17.3. The summed E-state index contributed by atoms with van der Waals surface area (Å²) < 4.78 is 275. The number of halogens is 21. The van der Waals surface area contributed by atoms with Gasteiger partial charge in [-0.3, -0.25) is 4.79 Å². The summed E-state index contributed by atoms with van der Waals surface area (Å²) >= 11 is 2.30. The van der Waals surface area contributed by atoms with Gasteiger partial charge in [0.05, 0.1) is 0 Å². The van der Waals surface area contributed by atoms with Gasteiger partial charge in [0, 0.05) is 0 Å². The van der Waals surface area contributed by atoms with Crippen LogP contribution in [0.1, 0.15) is 6.92 Å². The number of hydrogen-bond donors (Lipinski definition) is 1. The van der Waals surface area contributed by atoms with Crippen LogP contribution in [0.25, 0.3) is 0 Å². The van der Waals surface area contributed by atoms with Crippen LogP contribution < -0.4 is 0 Å². The Morgan fingerprint density at radius 3 is 0.833 bits per heavy atom. The molecule has 0 bridgehead atoms. The van der Waals surface area contributed by atoms with Gasteiger partial charge in [0.15, 0.2) is 0 Å². The Balaban J connectivity index is 7.14. The highest BCUT2D eigenvalue weighted by Crippen LogP contribution is 2.66. The van der Waals surface area contributed by atoms with Gasteiger partial charge in [-0.05, 0) is 6.92 Å². The van der Waals surface area contributed by atoms with E-state index >= 15 is 0 Å². The van der Waals surface area contributed by atoms with Gasteiger partial charge in [-0.1, -0.05) is 0 Å². The molecule has 0 aliphatic rings. The van der Waals surface area contributed by atoms with E-state index in [0.29, 0.717) is 0 Å². The maximum atomic E-state index is 13.5. The SMILES string of the molecule is CC(=O)C(S)C(F)(F)C(F)(F)C(F)(F)C(F)(F)C(F)(F)C(F)(F)C(F)(F)C(F)(F)C(F)(F)C(F)(F)F. The molecule has 1 atom stereocenters. The van der Waals surface area contributed by atoms with Gasteiger partial charge < -0.3 is 0 Å². The van der Waals surface area contributed by atoms with Crippen LogP contribution in [-0.2, 0) is 4.79 Å². The molecular formula is C13H5F21OS. The summed E-state index contributed by atoms with van der Waals surface area (Å²) in [5.41, 5.74) is 0. The van der Waals surface area contributed by atoms with Gasteiger partial charge in [0.2, 0.25) is 0 Å². The van der Waals surface area contributed by atoms with Gasteiger partial charge in [-0.2, -0.15) is 105 Å². The smallest absolute Gasteiger partial charge is 0.299 e. The summed E-state index contributed by atoms with van der Waals surface area (Å²) in [6.07, 6.45) is -8.03. The molecule has 0 aliphatic heterocycles. The molecule has 0 aromatic heterocycles. The van der Waals surface area contributed by atoms with Crippen molar-refractivity contribution in [3.8, 4) is 0 Å². The number of Topliss-reactive ketones (excluding diaryl/α,β-unsaturated/α-hetero) is 1. The van der Waals surface area contributed by atoms with Crippen molar-refractivity contribution in [1.29, 1.82) is 0 Å². The van der Waals surface area contributed by atoms with Crippen molar-refractivity contribution in [1.82, 2.24) is 0 Å². The lowest BCUT2D eigenvalue weighted by molar-refractivity contribution is -0.473. The molecule has 0 saturated heterocycles. The van der Waals surface area contributed by atoms with E-state index in [0.717, 1.165) is 0 Å². The molecule has 0 amide bonds. The number of hydrogen-bond acceptors (Lipinski definition) is 2. The molecule has 0 aromatic carbocycles. The van der Waals surface area contributed by atoms with Crippen LogP contribution in [0, 0.1) is 0 Å². The molecule has 0 heterocycles. The highest BCUT2D eigenvalue weighted by atomic mass is 32.1. The summed E-state index contributed by atoms with van der Waals surface area (Å²) in [5.74, 6) is -80.3. The molecule has 1 unspecified atom stereocenters. The zero-order valence-corrected chi connectivity index (χ0v) is 16.8. The van der Waals surface area contributed by atoms with E-state index in [4.69, 9.17) is 0 Å². The van der Waals surface area contributed by atoms with Crippen LogP contribution in [0.5, 0.6) is 0 Å². The highest BCUT2D eigenvalue weighted by molar-refractivity contribution is 7.81. The Morgan fingerprint density at radius 1 is 0.444 bits per heavy atom. The van der Waals surface area contributed by atoms with Gasteiger partial charge in [-0.25, -0.2) is 0 Å². The van der Waals surface area contributed by atoms with Crippen LogP contribution >= 0.6 is 12.6 Å². The van der Waals surface area contributed by atoms with Crippen molar-refractivity contribution in [2.75, 3.05) is 0 Å². The quantitative estimate of drug-likeness (QED) is 0.206. The van der Waals surface area contributed by atoms with Crippen LogP contribution in [0.4, 0.5) is 92.2 Å². The Labute approximate surface area is 188 Å². The van der Waals surface area contributed by atoms with Gasteiger partial charge in [0.1, 0.15) is 11.0 Å². The molecule has 0 N–H and O–H groups in total. The number of carbonyl (C=O) groups is 1. The largest absolute Gasteiger partial charge is 0.460 e. The van der Waals surface area contributed by atoms with E-state index in [2.05, 4.69) is 12.6 Å². The number of thiol groups is 1. The molecule has 0 fully saturated rings. The number of alkyl halides is 21. The number of ketones is 1. The van der Waals surface area contributed by atoms with Gasteiger partial charge in [-0.15, -0.1) is 0 Å². The Hall–Kier alpha value is -1.45. The minimum atomic E-state index is -9.22. The average Bonchev–Trinajstić information content (AvgIpc) is 2.64. The third-order valence-corrected chi connectivity index (χ3v) is 4.95. The highest BCUT2D eigenvalue weighted by Gasteiger charge is 2.98. The standard InChI is InChI=1S/C13H5F21OS/c1-2(35)3(36)4(14,15)5(16,17)6(18,19)7(20,21)8(22,23)9(24,25)10(26,27)11(28,29)12(30,31)13(32,33)34/h3,36H,1H3. The molecule has 216 valence electrons. The van der Waals surface area contributed by atoms with Crippen LogP contribution in [-0.4, -0.2) is 70.5 Å². The van der Waals surface area contributed by atoms with E-state index in [1.807, 2.05) is 0 Å². The first-order chi connectivity index (χ1) is 15.1. The summed E-state index contributed by atoms with van der Waals surface area (Å²) in [7, 11) is 0. The molecular weight excluding hydrogens is 603 g/mol. The minimum absolute atomic E-state index is 0.176. The maximum absolute atomic E-state index is 13.5. The van der Waals surface area contributed by atoms with Crippen LogP contribution in [0.2, 0.25) is 0 Å². The van der Waals surface area contributed by atoms with Crippen molar-refractivity contribution in [2.24, 2.45) is 0 Å². The lowest BCUT2D eigenvalue weighted by atomic mass is 9.85. The third-order valence-electron chi connectivity index (χ3n) is 4.26. The Bertz CT molecular complexity index is 839. The number of carbonyl (C=O) groups excluding carboxylic acids is 1. The van der Waals surface area contributed by atoms with Gasteiger partial charge in [0.25, 0.3) is 0 Å². The van der Waals surface area contributed by atoms with E-state index < -0.39 is 70.5 Å². The maximum Gasteiger partial charge on any atom is 0.460 e. The first kappa shape index (κ1) is 34.6. The predicted molar refractivity (Wildman–Crippen MR) is 74.0 cm³/mol. The first-order valence-corrected chi connectivity index (χ1v) is 8.27. The third kappa shape index (κ3) is 4.04. The lowest BCUT2D eigenvalue weighted by Gasteiger charge is -2.44. The monoisotopic (exact) mass is 608 g/mol. The summed E-state index contributed by atoms with van der Waals surface area (Å²) in [5, 5.41) is -4.13. The fourth-order valence-electron chi connectivity index (χ4n) is 2.00. The molecule has 1 nitrogen and oxygen atoms in total. The zero-order chi connectivity index (χ0) is 30.2. The van der Waals surface area contributed by atoms with Crippen molar-refractivity contribution >= 4 is 18.4 Å². The summed E-state index contributed by atoms with van der Waals surface area (Å²) in [6, 6.07) is 0. The van der Waals surface area contributed by atoms with Crippen LogP contribution in [0.3, 0.4) is 0 Å². The Morgan fingerprint density at radius 2 is 0.639 bits per heavy atom. The topological polar surface area (TPSA) is 17.1 Å². The molecule has 23 heteroatoms. The first-order valence-electron chi connectivity index (χ1n) is 7.76. The average molecular weight is 608 g/mol. The van der Waals surface area contributed by atoms with Crippen molar-refractivity contribution < 1.29 is 97.0 Å². The lowest BCUT2D eigenvalue weighted by Crippen LogP contribution is -2.77. The summed E-state index contributed by atoms with van der Waals surface area (Å²) in [4.78, 5) is 10.7. The fourth-order valence-corrected chi connectivity index (χ4v) is 2.16. The van der Waals surface area contributed by atoms with E-state index in [1.165, 1.54) is 0 Å². The van der Waals surface area contributed by atoms with Gasteiger partial charge >= 0.3 is 59.5 Å². The van der Waals surface area contributed by atoms with Crippen molar-refractivity contribution in [2.45, 2.75) is 71.7 Å². The minimum Gasteiger partial charge on any atom is -0.299 e. The molecule has 0 aliphatic carbocycles. The predicted octanol–water partition coefficient (Wildman–Crippen LogP) is 7.15. The molecule has 36 heavy (non-hydrogen) atoms. The van der Waals surface area contributed by atoms with Crippen molar-refractivity contribution in [3.05, 3.63) is 0 Å². The molecule has 0 aromatic rings. The molecule has 0 radical (unpaired) electrons. The second kappa shape index (κ2) is 8.53. The van der Waals surface area contributed by atoms with Crippen LogP contribution in [0.15, 0.2) is 0 Å².